The molecule has 0 spiro atoms. The minimum atomic E-state index is -0.123. The minimum absolute atomic E-state index is 0.0267. The van der Waals surface area contributed by atoms with Crippen LogP contribution in [-0.2, 0) is 0 Å². The zero-order valence-corrected chi connectivity index (χ0v) is 8.67. The molecule has 1 aromatic carbocycles. The average molecular weight is 211 g/mol. The van der Waals surface area contributed by atoms with Crippen LogP contribution in [0.25, 0.3) is 0 Å². The fraction of sp³-hybridized carbons (Fsp3) is 0.273. The molecule has 0 aromatic heterocycles. The van der Waals surface area contributed by atoms with Gasteiger partial charge in [0.1, 0.15) is 0 Å². The molecule has 0 amide bonds. The predicted octanol–water partition coefficient (Wildman–Crippen LogP) is 2.70. The fourth-order valence-corrected chi connectivity index (χ4v) is 1.28. The molecule has 0 saturated carbocycles. The first-order chi connectivity index (χ1) is 6.69. The lowest BCUT2D eigenvalue weighted by atomic mass is 10.1. The summed E-state index contributed by atoms with van der Waals surface area (Å²) >= 11 is 5.40. The Morgan fingerprint density at radius 2 is 1.50 bits per heavy atom. The van der Waals surface area contributed by atoms with Gasteiger partial charge in [-0.05, 0) is 0 Å². The van der Waals surface area contributed by atoms with Gasteiger partial charge in [-0.3, -0.25) is 9.59 Å². The molecule has 0 atom stereocenters. The number of Topliss-reactive ketones (excluding diaryl/α,β-unsaturated/α-hetero) is 2. The number of hydrogen-bond acceptors (Lipinski definition) is 2. The van der Waals surface area contributed by atoms with Crippen molar-refractivity contribution in [1.82, 2.24) is 0 Å². The predicted molar refractivity (Wildman–Crippen MR) is 56.1 cm³/mol. The van der Waals surface area contributed by atoms with Gasteiger partial charge in [0.15, 0.2) is 11.6 Å². The zero-order chi connectivity index (χ0) is 10.6. The summed E-state index contributed by atoms with van der Waals surface area (Å²) in [6.45, 7) is 1.81. The monoisotopic (exact) mass is 210 g/mol. The van der Waals surface area contributed by atoms with E-state index in [4.69, 9.17) is 11.6 Å². The molecular weight excluding hydrogens is 200 g/mol. The number of alkyl halides is 1. The third-order valence-corrected chi connectivity index (χ3v) is 2.21. The van der Waals surface area contributed by atoms with E-state index >= 15 is 0 Å². The van der Waals surface area contributed by atoms with Crippen LogP contribution >= 0.6 is 11.6 Å². The Bertz CT molecular complexity index is 306. The third kappa shape index (κ3) is 2.42. The van der Waals surface area contributed by atoms with Crippen LogP contribution < -0.4 is 0 Å². The zero-order valence-electron chi connectivity index (χ0n) is 7.92. The van der Waals surface area contributed by atoms with Crippen molar-refractivity contribution in [3.8, 4) is 0 Å². The second kappa shape index (κ2) is 4.91. The van der Waals surface area contributed by atoms with Crippen molar-refractivity contribution in [3.63, 3.8) is 0 Å². The van der Waals surface area contributed by atoms with Crippen molar-refractivity contribution in [2.24, 2.45) is 0 Å². The van der Waals surface area contributed by atoms with Gasteiger partial charge < -0.3 is 0 Å². The first-order valence-corrected chi connectivity index (χ1v) is 4.95. The van der Waals surface area contributed by atoms with Gasteiger partial charge in [0.05, 0.1) is 5.88 Å². The van der Waals surface area contributed by atoms with Crippen molar-refractivity contribution in [2.75, 3.05) is 5.88 Å². The molecule has 2 nitrogen and oxygen atoms in total. The van der Waals surface area contributed by atoms with Gasteiger partial charge >= 0.3 is 0 Å². The number of carbonyl (C=O) groups excluding carboxylic acids is 2. The number of benzene rings is 1. The van der Waals surface area contributed by atoms with Gasteiger partial charge in [0, 0.05) is 17.5 Å². The number of ketones is 2. The number of rotatable bonds is 4. The highest BCUT2D eigenvalue weighted by Crippen LogP contribution is 2.08. The molecule has 0 N–H and O–H groups in total. The standard InChI is InChI=1S/C11H11ClO2/c1-2-10(13)8-3-5-9(6-4-8)11(14)7-12/h3-6H,2,7H2,1H3. The Morgan fingerprint density at radius 3 is 1.86 bits per heavy atom. The van der Waals surface area contributed by atoms with Crippen LogP contribution in [-0.4, -0.2) is 17.4 Å². The maximum Gasteiger partial charge on any atom is 0.177 e. The highest BCUT2D eigenvalue weighted by Gasteiger charge is 2.06. The molecule has 74 valence electrons. The summed E-state index contributed by atoms with van der Waals surface area (Å²) in [5.41, 5.74) is 1.19. The summed E-state index contributed by atoms with van der Waals surface area (Å²) in [7, 11) is 0. The Balaban J connectivity index is 2.89. The number of hydrogen-bond donors (Lipinski definition) is 0. The molecule has 1 aromatic rings. The summed E-state index contributed by atoms with van der Waals surface area (Å²) in [6.07, 6.45) is 0.475. The molecule has 0 fully saturated rings. The van der Waals surface area contributed by atoms with E-state index in [9.17, 15) is 9.59 Å². The second-order valence-corrected chi connectivity index (χ2v) is 3.18. The van der Waals surface area contributed by atoms with E-state index in [1.54, 1.807) is 31.2 Å². The Morgan fingerprint density at radius 1 is 1.07 bits per heavy atom. The van der Waals surface area contributed by atoms with Gasteiger partial charge in [-0.15, -0.1) is 11.6 Å². The summed E-state index contributed by atoms with van der Waals surface area (Å²) < 4.78 is 0. The van der Waals surface area contributed by atoms with Crippen LogP contribution in [0.2, 0.25) is 0 Å². The Kier molecular flexibility index (Phi) is 3.84. The van der Waals surface area contributed by atoms with Crippen LogP contribution in [0.3, 0.4) is 0 Å². The Labute approximate surface area is 87.9 Å². The van der Waals surface area contributed by atoms with E-state index in [-0.39, 0.29) is 17.4 Å². The SMILES string of the molecule is CCC(=O)c1ccc(C(=O)CCl)cc1. The topological polar surface area (TPSA) is 34.1 Å². The van der Waals surface area contributed by atoms with Crippen LogP contribution in [0.4, 0.5) is 0 Å². The molecule has 0 aliphatic heterocycles. The smallest absolute Gasteiger partial charge is 0.177 e. The second-order valence-electron chi connectivity index (χ2n) is 2.91. The molecule has 0 saturated heterocycles. The average Bonchev–Trinajstić information content (AvgIpc) is 2.27. The highest BCUT2D eigenvalue weighted by molar-refractivity contribution is 6.30. The molecule has 0 heterocycles. The van der Waals surface area contributed by atoms with Crippen molar-refractivity contribution in [3.05, 3.63) is 35.4 Å². The van der Waals surface area contributed by atoms with Gasteiger partial charge in [0.2, 0.25) is 0 Å². The first-order valence-electron chi connectivity index (χ1n) is 4.41. The maximum absolute atomic E-state index is 11.3. The maximum atomic E-state index is 11.3. The largest absolute Gasteiger partial charge is 0.294 e. The van der Waals surface area contributed by atoms with E-state index in [0.29, 0.717) is 17.5 Å². The fourth-order valence-electron chi connectivity index (χ4n) is 1.12. The highest BCUT2D eigenvalue weighted by atomic mass is 35.5. The number of halogens is 1. The van der Waals surface area contributed by atoms with Crippen molar-refractivity contribution >= 4 is 23.2 Å². The number of carbonyl (C=O) groups is 2. The van der Waals surface area contributed by atoms with Crippen molar-refractivity contribution in [2.45, 2.75) is 13.3 Å². The lowest BCUT2D eigenvalue weighted by Crippen LogP contribution is -2.02. The van der Waals surface area contributed by atoms with Crippen LogP contribution in [0.1, 0.15) is 34.1 Å². The summed E-state index contributed by atoms with van der Waals surface area (Å²) in [5.74, 6) is -0.0711. The molecule has 1 rings (SSSR count). The molecule has 0 aliphatic carbocycles. The molecule has 0 unspecified atom stereocenters. The van der Waals surface area contributed by atoms with Crippen LogP contribution in [0, 0.1) is 0 Å². The van der Waals surface area contributed by atoms with E-state index < -0.39 is 0 Å². The summed E-state index contributed by atoms with van der Waals surface area (Å²) in [5, 5.41) is 0. The van der Waals surface area contributed by atoms with Crippen LogP contribution in [0.5, 0.6) is 0 Å². The van der Waals surface area contributed by atoms with E-state index in [0.717, 1.165) is 0 Å². The molecule has 0 bridgehead atoms. The van der Waals surface area contributed by atoms with Gasteiger partial charge in [-0.2, -0.15) is 0 Å². The van der Waals surface area contributed by atoms with Gasteiger partial charge in [-0.25, -0.2) is 0 Å². The molecule has 3 heteroatoms. The van der Waals surface area contributed by atoms with Crippen LogP contribution in [0.15, 0.2) is 24.3 Å². The Hall–Kier alpha value is -1.15. The molecule has 0 aliphatic rings. The molecule has 0 radical (unpaired) electrons. The lowest BCUT2D eigenvalue weighted by Gasteiger charge is -1.99. The minimum Gasteiger partial charge on any atom is -0.294 e. The van der Waals surface area contributed by atoms with Crippen molar-refractivity contribution < 1.29 is 9.59 Å². The van der Waals surface area contributed by atoms with E-state index in [1.165, 1.54) is 0 Å². The van der Waals surface area contributed by atoms with Gasteiger partial charge in [0.25, 0.3) is 0 Å². The first kappa shape index (κ1) is 10.9. The van der Waals surface area contributed by atoms with E-state index in [2.05, 4.69) is 0 Å². The molecule has 14 heavy (non-hydrogen) atoms. The summed E-state index contributed by atoms with van der Waals surface area (Å²) in [4.78, 5) is 22.4. The summed E-state index contributed by atoms with van der Waals surface area (Å²) in [6, 6.07) is 6.58. The quantitative estimate of drug-likeness (QED) is 0.566. The third-order valence-electron chi connectivity index (χ3n) is 1.97. The van der Waals surface area contributed by atoms with Gasteiger partial charge in [-0.1, -0.05) is 31.2 Å². The lowest BCUT2D eigenvalue weighted by molar-refractivity contribution is 0.0984. The molecular formula is C11H11ClO2. The van der Waals surface area contributed by atoms with Crippen molar-refractivity contribution in [1.29, 1.82) is 0 Å². The van der Waals surface area contributed by atoms with E-state index in [1.807, 2.05) is 0 Å². The normalized spacial score (nSPS) is 9.86.